The van der Waals surface area contributed by atoms with Crippen molar-refractivity contribution in [2.24, 2.45) is 17.1 Å². The molecule has 2 aliphatic rings. The molecule has 1 saturated heterocycles. The van der Waals surface area contributed by atoms with E-state index in [9.17, 15) is 0 Å². The number of nitrogens with zero attached hydrogens (tertiary/aromatic N) is 1. The number of ether oxygens (including phenoxy) is 1. The van der Waals surface area contributed by atoms with Crippen molar-refractivity contribution in [2.45, 2.75) is 38.3 Å². The molecule has 1 saturated carbocycles. The smallest absolute Gasteiger partial charge is 0.0690 e. The van der Waals surface area contributed by atoms with Gasteiger partial charge in [0.05, 0.1) is 6.10 Å². The summed E-state index contributed by atoms with van der Waals surface area (Å²) >= 11 is 0. The maximum Gasteiger partial charge on any atom is 0.0690 e. The van der Waals surface area contributed by atoms with Crippen LogP contribution >= 0.6 is 0 Å². The first kappa shape index (κ1) is 13.9. The highest BCUT2D eigenvalue weighted by atomic mass is 16.5. The van der Waals surface area contributed by atoms with Crippen LogP contribution in [0, 0.1) is 11.3 Å². The summed E-state index contributed by atoms with van der Waals surface area (Å²) in [5.41, 5.74) is 7.96. The van der Waals surface area contributed by atoms with Gasteiger partial charge in [-0.05, 0) is 25.0 Å². The molecule has 2 fully saturated rings. The quantitative estimate of drug-likeness (QED) is 0.921. The molecule has 2 N–H and O–H groups in total. The van der Waals surface area contributed by atoms with Crippen LogP contribution in [0.25, 0.3) is 0 Å². The molecule has 3 heteroatoms. The number of fused-ring (bicyclic) bond motifs is 1. The van der Waals surface area contributed by atoms with Gasteiger partial charge in [0.1, 0.15) is 0 Å². The number of nitrogens with two attached hydrogens (primary N) is 1. The molecule has 1 aromatic carbocycles. The largest absolute Gasteiger partial charge is 0.377 e. The van der Waals surface area contributed by atoms with Crippen LogP contribution in [0.1, 0.15) is 26.7 Å². The Kier molecular flexibility index (Phi) is 3.30. The predicted molar refractivity (Wildman–Crippen MR) is 82.9 cm³/mol. The summed E-state index contributed by atoms with van der Waals surface area (Å²) in [4.78, 5) is 2.28. The molecule has 20 heavy (non-hydrogen) atoms. The Bertz CT molecular complexity index is 473. The maximum atomic E-state index is 6.85. The lowest BCUT2D eigenvalue weighted by atomic mass is 9.46. The molecule has 1 aliphatic carbocycles. The van der Waals surface area contributed by atoms with Crippen molar-refractivity contribution in [3.63, 3.8) is 0 Å². The summed E-state index contributed by atoms with van der Waals surface area (Å²) in [6.45, 7) is 6.31. The number of hydrogen-bond acceptors (Lipinski definition) is 3. The first-order valence-corrected chi connectivity index (χ1v) is 7.63. The Morgan fingerprint density at radius 3 is 2.70 bits per heavy atom. The first-order valence-electron chi connectivity index (χ1n) is 7.63. The highest BCUT2D eigenvalue weighted by Crippen LogP contribution is 2.57. The van der Waals surface area contributed by atoms with Crippen LogP contribution < -0.4 is 10.6 Å². The van der Waals surface area contributed by atoms with E-state index in [-0.39, 0.29) is 11.0 Å². The van der Waals surface area contributed by atoms with Crippen LogP contribution in [0.2, 0.25) is 0 Å². The number of benzene rings is 1. The molecule has 110 valence electrons. The van der Waals surface area contributed by atoms with Crippen molar-refractivity contribution in [1.82, 2.24) is 0 Å². The Morgan fingerprint density at radius 2 is 2.00 bits per heavy atom. The molecule has 0 radical (unpaired) electrons. The molecule has 0 aromatic heterocycles. The average molecular weight is 274 g/mol. The van der Waals surface area contributed by atoms with Gasteiger partial charge >= 0.3 is 0 Å². The molecule has 0 spiro atoms. The van der Waals surface area contributed by atoms with Gasteiger partial charge in [0.25, 0.3) is 0 Å². The van der Waals surface area contributed by atoms with Crippen LogP contribution in [0.15, 0.2) is 30.3 Å². The minimum Gasteiger partial charge on any atom is -0.377 e. The van der Waals surface area contributed by atoms with Crippen LogP contribution in [0.4, 0.5) is 5.69 Å². The van der Waals surface area contributed by atoms with Crippen molar-refractivity contribution in [1.29, 1.82) is 0 Å². The molecular formula is C17H26N2O. The fourth-order valence-corrected chi connectivity index (χ4v) is 4.15. The fourth-order valence-electron chi connectivity index (χ4n) is 4.15. The second-order valence-electron chi connectivity index (χ2n) is 6.99. The summed E-state index contributed by atoms with van der Waals surface area (Å²) in [5, 5.41) is 0. The lowest BCUT2D eigenvalue weighted by Gasteiger charge is -2.67. The van der Waals surface area contributed by atoms with Crippen molar-refractivity contribution in [2.75, 3.05) is 25.1 Å². The van der Waals surface area contributed by atoms with E-state index in [0.717, 1.165) is 19.6 Å². The van der Waals surface area contributed by atoms with E-state index in [4.69, 9.17) is 10.5 Å². The second-order valence-corrected chi connectivity index (χ2v) is 6.99. The third-order valence-corrected chi connectivity index (χ3v) is 5.59. The number of rotatable bonds is 3. The van der Waals surface area contributed by atoms with Gasteiger partial charge < -0.3 is 15.4 Å². The Balaban J connectivity index is 1.78. The monoisotopic (exact) mass is 274 g/mol. The van der Waals surface area contributed by atoms with E-state index in [0.29, 0.717) is 12.0 Å². The van der Waals surface area contributed by atoms with Gasteiger partial charge in [-0.3, -0.25) is 0 Å². The molecule has 1 aromatic rings. The first-order chi connectivity index (χ1) is 9.47. The highest BCUT2D eigenvalue weighted by Gasteiger charge is 2.66. The van der Waals surface area contributed by atoms with Gasteiger partial charge in [-0.15, -0.1) is 0 Å². The summed E-state index contributed by atoms with van der Waals surface area (Å²) in [5.74, 6) is 0.498. The van der Waals surface area contributed by atoms with Crippen LogP contribution in [-0.2, 0) is 4.74 Å². The normalized spacial score (nSPS) is 35.0. The molecule has 3 atom stereocenters. The van der Waals surface area contributed by atoms with Gasteiger partial charge in [-0.25, -0.2) is 0 Å². The summed E-state index contributed by atoms with van der Waals surface area (Å²) in [6, 6.07) is 10.5. The zero-order valence-corrected chi connectivity index (χ0v) is 12.8. The minimum atomic E-state index is -0.164. The topological polar surface area (TPSA) is 38.5 Å². The Hall–Kier alpha value is -1.06. The van der Waals surface area contributed by atoms with E-state index < -0.39 is 0 Å². The van der Waals surface area contributed by atoms with Gasteiger partial charge in [-0.1, -0.05) is 32.0 Å². The van der Waals surface area contributed by atoms with Gasteiger partial charge in [0, 0.05) is 42.8 Å². The number of hydrogen-bond donors (Lipinski definition) is 1. The summed E-state index contributed by atoms with van der Waals surface area (Å²) in [6.07, 6.45) is 2.68. The Labute approximate surface area is 122 Å². The van der Waals surface area contributed by atoms with Crippen LogP contribution in [0.5, 0.6) is 0 Å². The third kappa shape index (κ3) is 1.87. The van der Waals surface area contributed by atoms with Crippen LogP contribution in [-0.4, -0.2) is 31.8 Å². The van der Waals surface area contributed by atoms with E-state index in [1.165, 1.54) is 12.1 Å². The third-order valence-electron chi connectivity index (χ3n) is 5.59. The standard InChI is InChI=1S/C17H26N2O/c1-16(2)15-14(10-7-11-20-15)17(16,18)12-19(3)13-8-5-4-6-9-13/h4-6,8-9,14-15H,7,10-12,18H2,1-3H3. The molecule has 3 rings (SSSR count). The highest BCUT2D eigenvalue weighted by molar-refractivity contribution is 5.46. The number of likely N-dealkylation sites (N-methyl/N-ethyl adjacent to an activating group) is 1. The van der Waals surface area contributed by atoms with E-state index in [1.54, 1.807) is 0 Å². The average Bonchev–Trinajstić information content (AvgIpc) is 2.48. The lowest BCUT2D eigenvalue weighted by Crippen LogP contribution is -2.80. The van der Waals surface area contributed by atoms with Gasteiger partial charge in [-0.2, -0.15) is 0 Å². The zero-order valence-electron chi connectivity index (χ0n) is 12.8. The summed E-state index contributed by atoms with van der Waals surface area (Å²) in [7, 11) is 2.14. The van der Waals surface area contributed by atoms with Gasteiger partial charge in [0.2, 0.25) is 0 Å². The van der Waals surface area contributed by atoms with Crippen molar-refractivity contribution < 1.29 is 4.74 Å². The SMILES string of the molecule is CN(CC1(N)C2CCCOC2C1(C)C)c1ccccc1. The van der Waals surface area contributed by atoms with Crippen molar-refractivity contribution in [3.05, 3.63) is 30.3 Å². The van der Waals surface area contributed by atoms with Gasteiger partial charge in [0.15, 0.2) is 0 Å². The molecule has 0 amide bonds. The van der Waals surface area contributed by atoms with E-state index in [1.807, 2.05) is 6.07 Å². The number of para-hydroxylation sites is 1. The maximum absolute atomic E-state index is 6.85. The minimum absolute atomic E-state index is 0.0428. The number of anilines is 1. The van der Waals surface area contributed by atoms with E-state index in [2.05, 4.69) is 50.1 Å². The molecular weight excluding hydrogens is 248 g/mol. The molecule has 3 unspecified atom stereocenters. The zero-order chi connectivity index (χ0) is 14.4. The predicted octanol–water partition coefficient (Wildman–Crippen LogP) is 2.66. The van der Waals surface area contributed by atoms with Crippen molar-refractivity contribution >= 4 is 5.69 Å². The molecule has 1 aliphatic heterocycles. The molecule has 0 bridgehead atoms. The lowest BCUT2D eigenvalue weighted by molar-refractivity contribution is -0.224. The Morgan fingerprint density at radius 1 is 1.30 bits per heavy atom. The summed E-state index contributed by atoms with van der Waals surface area (Å²) < 4.78 is 5.98. The second kappa shape index (κ2) is 4.74. The molecule has 3 nitrogen and oxygen atoms in total. The molecule has 1 heterocycles. The van der Waals surface area contributed by atoms with Crippen molar-refractivity contribution in [3.8, 4) is 0 Å². The van der Waals surface area contributed by atoms with E-state index >= 15 is 0 Å². The fraction of sp³-hybridized carbons (Fsp3) is 0.647. The van der Waals surface area contributed by atoms with Crippen LogP contribution in [0.3, 0.4) is 0 Å².